The monoisotopic (exact) mass is 617 g/mol. The Labute approximate surface area is 245 Å². The lowest BCUT2D eigenvalue weighted by Crippen LogP contribution is -2.43. The topological polar surface area (TPSA) is 147 Å². The van der Waals surface area contributed by atoms with Crippen LogP contribution in [0, 0.1) is 11.6 Å². The minimum atomic E-state index is -3.52. The Morgan fingerprint density at radius 3 is 2.45 bits per heavy atom. The molecule has 1 aliphatic heterocycles. The van der Waals surface area contributed by atoms with E-state index in [0.717, 1.165) is 30.5 Å². The van der Waals surface area contributed by atoms with Gasteiger partial charge in [-0.25, -0.2) is 22.0 Å². The predicted octanol–water partition coefficient (Wildman–Crippen LogP) is 3.63. The van der Waals surface area contributed by atoms with Gasteiger partial charge in [0, 0.05) is 43.1 Å². The van der Waals surface area contributed by atoms with Crippen LogP contribution in [0.15, 0.2) is 59.5 Å². The van der Waals surface area contributed by atoms with Gasteiger partial charge in [-0.3, -0.25) is 9.59 Å². The molecule has 1 aliphatic rings. The maximum Gasteiger partial charge on any atom is 0.326 e. The van der Waals surface area contributed by atoms with Crippen molar-refractivity contribution in [3.05, 3.63) is 99.1 Å². The number of carbonyl (C=O) groups is 3. The van der Waals surface area contributed by atoms with Crippen molar-refractivity contribution in [3.8, 4) is 0 Å². The highest BCUT2D eigenvalue weighted by Gasteiger charge is 2.29. The summed E-state index contributed by atoms with van der Waals surface area (Å²) in [6, 6.07) is 9.19. The van der Waals surface area contributed by atoms with Crippen molar-refractivity contribution in [1.82, 2.24) is 10.2 Å². The maximum atomic E-state index is 13.9. The first-order chi connectivity index (χ1) is 19.8. The van der Waals surface area contributed by atoms with E-state index in [4.69, 9.17) is 17.3 Å². The third-order valence-corrected chi connectivity index (χ3v) is 8.31. The zero-order valence-corrected chi connectivity index (χ0v) is 23.8. The largest absolute Gasteiger partial charge is 0.480 e. The van der Waals surface area contributed by atoms with E-state index in [1.165, 1.54) is 35.2 Å². The Balaban J connectivity index is 1.51. The predicted molar refractivity (Wildman–Crippen MR) is 153 cm³/mol. The number of sulfone groups is 1. The molecule has 3 aromatic carbocycles. The molecule has 0 saturated carbocycles. The third kappa shape index (κ3) is 6.77. The van der Waals surface area contributed by atoms with Gasteiger partial charge in [0.15, 0.2) is 9.84 Å². The molecule has 220 valence electrons. The van der Waals surface area contributed by atoms with Crippen molar-refractivity contribution in [1.29, 1.82) is 0 Å². The lowest BCUT2D eigenvalue weighted by molar-refractivity contribution is -0.139. The van der Waals surface area contributed by atoms with Crippen LogP contribution in [0.4, 0.5) is 14.5 Å². The van der Waals surface area contributed by atoms with Gasteiger partial charge in [0.1, 0.15) is 17.7 Å². The smallest absolute Gasteiger partial charge is 0.326 e. The second-order valence-electron chi connectivity index (χ2n) is 9.76. The van der Waals surface area contributed by atoms with E-state index in [2.05, 4.69) is 5.32 Å². The summed E-state index contributed by atoms with van der Waals surface area (Å²) in [5.41, 5.74) is 7.14. The highest BCUT2D eigenvalue weighted by molar-refractivity contribution is 7.90. The summed E-state index contributed by atoms with van der Waals surface area (Å²) in [4.78, 5) is 39.3. The molecular formula is C29H26ClF2N3O6S. The number of hydrogen-bond donors (Lipinski definition) is 3. The third-order valence-electron chi connectivity index (χ3n) is 6.78. The Morgan fingerprint density at radius 2 is 1.81 bits per heavy atom. The molecule has 0 radical (unpaired) electrons. The van der Waals surface area contributed by atoms with Gasteiger partial charge in [-0.1, -0.05) is 29.8 Å². The second-order valence-corrected chi connectivity index (χ2v) is 12.2. The van der Waals surface area contributed by atoms with Gasteiger partial charge in [0.05, 0.1) is 15.5 Å². The van der Waals surface area contributed by atoms with Gasteiger partial charge in [0.2, 0.25) is 5.91 Å². The molecule has 0 spiro atoms. The number of anilines is 1. The fourth-order valence-corrected chi connectivity index (χ4v) is 5.73. The van der Waals surface area contributed by atoms with E-state index in [1.807, 2.05) is 0 Å². The van der Waals surface area contributed by atoms with Gasteiger partial charge in [-0.15, -0.1) is 0 Å². The molecule has 9 nitrogen and oxygen atoms in total. The van der Waals surface area contributed by atoms with E-state index in [-0.39, 0.29) is 52.7 Å². The number of halogens is 3. The van der Waals surface area contributed by atoms with Crippen LogP contribution >= 0.6 is 11.6 Å². The Morgan fingerprint density at radius 1 is 1.14 bits per heavy atom. The van der Waals surface area contributed by atoms with Crippen molar-refractivity contribution < 1.29 is 36.7 Å². The molecular weight excluding hydrogens is 592 g/mol. The average molecular weight is 618 g/mol. The number of carboxylic acids is 1. The molecule has 42 heavy (non-hydrogen) atoms. The molecule has 3 aromatic rings. The molecule has 4 N–H and O–H groups in total. The lowest BCUT2D eigenvalue weighted by atomic mass is 9.95. The van der Waals surface area contributed by atoms with Crippen LogP contribution in [-0.4, -0.2) is 55.1 Å². The number of aliphatic carboxylic acids is 1. The van der Waals surface area contributed by atoms with Crippen LogP contribution in [0.1, 0.15) is 32.6 Å². The molecule has 4 rings (SSSR count). The summed E-state index contributed by atoms with van der Waals surface area (Å²) in [7, 11) is -3.52. The number of benzene rings is 3. The number of hydrogen-bond acceptors (Lipinski definition) is 6. The fourth-order valence-electron chi connectivity index (χ4n) is 4.63. The summed E-state index contributed by atoms with van der Waals surface area (Å²) < 4.78 is 51.5. The summed E-state index contributed by atoms with van der Waals surface area (Å²) >= 11 is 6.57. The standard InChI is InChI=1S/C29H26ClF2N3O6S/c1-42(40,41)18-5-2-4-16(12-18)13-24(29(38)39)34-28(37)26-23(33)14-17-15-35(11-10-19(17)27(26)30)25(36)9-8-20-21(31)6-3-7-22(20)32/h2-9,12,14,24H,10-11,13,15,33H2,1H3,(H,34,37)(H,38,39)/b9-8+/t24-/m0/s1. The minimum Gasteiger partial charge on any atom is -0.480 e. The SMILES string of the molecule is CS(=O)(=O)c1cccc(C[C@H](NC(=O)c2c(N)cc3c(c2Cl)CCN(C(=O)/C=C/c2c(F)cccc2F)C3)C(=O)O)c1. The van der Waals surface area contributed by atoms with Crippen LogP contribution in [-0.2, 0) is 38.8 Å². The number of carbonyl (C=O) groups excluding carboxylic acids is 2. The first-order valence-electron chi connectivity index (χ1n) is 12.6. The second kappa shape index (κ2) is 12.3. The molecule has 13 heteroatoms. The quantitative estimate of drug-likeness (QED) is 0.258. The van der Waals surface area contributed by atoms with Crippen molar-refractivity contribution in [3.63, 3.8) is 0 Å². The Bertz CT molecular complexity index is 1710. The molecule has 0 saturated heterocycles. The maximum absolute atomic E-state index is 13.9. The molecule has 0 aromatic heterocycles. The summed E-state index contributed by atoms with van der Waals surface area (Å²) in [5.74, 6) is -4.29. The number of amides is 2. The van der Waals surface area contributed by atoms with Crippen LogP contribution < -0.4 is 11.1 Å². The number of rotatable bonds is 8. The van der Waals surface area contributed by atoms with Crippen LogP contribution in [0.3, 0.4) is 0 Å². The van der Waals surface area contributed by atoms with Gasteiger partial charge in [-0.2, -0.15) is 0 Å². The summed E-state index contributed by atoms with van der Waals surface area (Å²) in [6.07, 6.45) is 3.20. The van der Waals surface area contributed by atoms with Crippen molar-refractivity contribution in [2.75, 3.05) is 18.5 Å². The highest BCUT2D eigenvalue weighted by Crippen LogP contribution is 2.34. The van der Waals surface area contributed by atoms with Crippen LogP contribution in [0.25, 0.3) is 6.08 Å². The van der Waals surface area contributed by atoms with Gasteiger partial charge in [-0.05, 0) is 59.5 Å². The Kier molecular flexibility index (Phi) is 8.97. The van der Waals surface area contributed by atoms with Crippen molar-refractivity contribution in [2.24, 2.45) is 0 Å². The number of fused-ring (bicyclic) bond motifs is 1. The van der Waals surface area contributed by atoms with Gasteiger partial charge < -0.3 is 21.1 Å². The van der Waals surface area contributed by atoms with Gasteiger partial charge >= 0.3 is 5.97 Å². The zero-order valence-electron chi connectivity index (χ0n) is 22.2. The van der Waals surface area contributed by atoms with E-state index in [0.29, 0.717) is 16.7 Å². The minimum absolute atomic E-state index is 0.0138. The highest BCUT2D eigenvalue weighted by atomic mass is 35.5. The normalized spacial score (nSPS) is 14.0. The summed E-state index contributed by atoms with van der Waals surface area (Å²) in [5, 5.41) is 12.2. The first-order valence-corrected chi connectivity index (χ1v) is 14.9. The van der Waals surface area contributed by atoms with Crippen LogP contribution in [0.5, 0.6) is 0 Å². The van der Waals surface area contributed by atoms with E-state index in [1.54, 1.807) is 6.07 Å². The number of carboxylic acid groups (broad SMARTS) is 1. The number of nitrogens with two attached hydrogens (primary N) is 1. The van der Waals surface area contributed by atoms with Crippen molar-refractivity contribution in [2.45, 2.75) is 30.3 Å². The van der Waals surface area contributed by atoms with E-state index in [9.17, 15) is 36.7 Å². The molecule has 0 fully saturated rings. The first kappa shape index (κ1) is 30.7. The molecule has 1 atom stereocenters. The van der Waals surface area contributed by atoms with Crippen LogP contribution in [0.2, 0.25) is 5.02 Å². The van der Waals surface area contributed by atoms with E-state index >= 15 is 0 Å². The lowest BCUT2D eigenvalue weighted by Gasteiger charge is -2.30. The number of nitrogens with one attached hydrogen (secondary N) is 1. The van der Waals surface area contributed by atoms with E-state index < -0.39 is 45.3 Å². The molecule has 0 unspecified atom stereocenters. The fraction of sp³-hybridized carbons (Fsp3) is 0.207. The van der Waals surface area contributed by atoms with Crippen molar-refractivity contribution >= 4 is 51.0 Å². The number of nitrogen functional groups attached to an aromatic ring is 1. The Hall–Kier alpha value is -4.29. The summed E-state index contributed by atoms with van der Waals surface area (Å²) in [6.45, 7) is 0.257. The molecule has 0 bridgehead atoms. The average Bonchev–Trinajstić information content (AvgIpc) is 2.91. The zero-order chi connectivity index (χ0) is 30.8. The number of nitrogens with zero attached hydrogens (tertiary/aromatic N) is 1. The molecule has 1 heterocycles. The molecule has 2 amide bonds. The molecule has 0 aliphatic carbocycles. The van der Waals surface area contributed by atoms with Gasteiger partial charge in [0.25, 0.3) is 5.91 Å².